The Morgan fingerprint density at radius 2 is 1.96 bits per heavy atom. The Bertz CT molecular complexity index is 1080. The summed E-state index contributed by atoms with van der Waals surface area (Å²) in [6, 6.07) is 3.85. The topological polar surface area (TPSA) is 104 Å². The summed E-state index contributed by atoms with van der Waals surface area (Å²) in [6.45, 7) is 5.61. The third-order valence-electron chi connectivity index (χ3n) is 5.92. The van der Waals surface area contributed by atoms with Gasteiger partial charge in [0.25, 0.3) is 5.56 Å². The van der Waals surface area contributed by atoms with Crippen molar-refractivity contribution in [3.63, 3.8) is 0 Å². The first kappa shape index (κ1) is 18.7. The highest BCUT2D eigenvalue weighted by Gasteiger charge is 2.27. The molecule has 0 saturated heterocycles. The second kappa shape index (κ2) is 6.48. The van der Waals surface area contributed by atoms with Crippen molar-refractivity contribution < 1.29 is 5.11 Å². The molecular formula is C20H28N6O2. The molecule has 3 aromatic heterocycles. The van der Waals surface area contributed by atoms with E-state index in [0.29, 0.717) is 28.3 Å². The molecule has 1 fully saturated rings. The van der Waals surface area contributed by atoms with Crippen molar-refractivity contribution >= 4 is 16.7 Å². The van der Waals surface area contributed by atoms with Crippen LogP contribution in [0.3, 0.4) is 0 Å². The van der Waals surface area contributed by atoms with E-state index < -0.39 is 5.60 Å². The van der Waals surface area contributed by atoms with Gasteiger partial charge >= 0.3 is 0 Å². The van der Waals surface area contributed by atoms with E-state index in [0.717, 1.165) is 19.3 Å². The van der Waals surface area contributed by atoms with Crippen LogP contribution in [0.25, 0.3) is 16.7 Å². The van der Waals surface area contributed by atoms with E-state index in [-0.39, 0.29) is 17.4 Å². The number of hydrogen-bond acceptors (Lipinski definition) is 5. The lowest BCUT2D eigenvalue weighted by molar-refractivity contribution is 0.0696. The predicted octanol–water partition coefficient (Wildman–Crippen LogP) is 2.48. The molecule has 4 rings (SSSR count). The predicted molar refractivity (Wildman–Crippen MR) is 108 cm³/mol. The molecule has 150 valence electrons. The second-order valence-corrected chi connectivity index (χ2v) is 8.48. The van der Waals surface area contributed by atoms with Crippen molar-refractivity contribution in [3.05, 3.63) is 34.4 Å². The summed E-state index contributed by atoms with van der Waals surface area (Å²) >= 11 is 0. The van der Waals surface area contributed by atoms with Gasteiger partial charge in [0.2, 0.25) is 0 Å². The van der Waals surface area contributed by atoms with E-state index in [1.165, 1.54) is 6.42 Å². The Kier molecular flexibility index (Phi) is 4.33. The highest BCUT2D eigenvalue weighted by atomic mass is 16.3. The summed E-state index contributed by atoms with van der Waals surface area (Å²) in [6.07, 6.45) is 6.36. The van der Waals surface area contributed by atoms with Crippen molar-refractivity contribution in [1.29, 1.82) is 0 Å². The molecule has 8 nitrogen and oxygen atoms in total. The van der Waals surface area contributed by atoms with E-state index in [1.54, 1.807) is 36.3 Å². The van der Waals surface area contributed by atoms with Crippen LogP contribution in [-0.2, 0) is 12.6 Å². The van der Waals surface area contributed by atoms with E-state index in [9.17, 15) is 9.90 Å². The number of rotatable bonds is 3. The molecule has 0 aromatic carbocycles. The zero-order valence-corrected chi connectivity index (χ0v) is 16.9. The van der Waals surface area contributed by atoms with Crippen LogP contribution in [0.5, 0.6) is 0 Å². The minimum atomic E-state index is -1.04. The largest absolute Gasteiger partial charge is 0.384 e. The molecule has 0 amide bonds. The summed E-state index contributed by atoms with van der Waals surface area (Å²) < 4.78 is 5.02. The highest BCUT2D eigenvalue weighted by molar-refractivity contribution is 5.89. The number of aromatic nitrogens is 5. The van der Waals surface area contributed by atoms with Gasteiger partial charge in [-0.1, -0.05) is 19.8 Å². The van der Waals surface area contributed by atoms with E-state index >= 15 is 0 Å². The first-order chi connectivity index (χ1) is 13.2. The fourth-order valence-corrected chi connectivity index (χ4v) is 4.44. The highest BCUT2D eigenvalue weighted by Crippen LogP contribution is 2.33. The number of fused-ring (bicyclic) bond motifs is 1. The van der Waals surface area contributed by atoms with Gasteiger partial charge in [0.1, 0.15) is 11.0 Å². The monoisotopic (exact) mass is 384 g/mol. The van der Waals surface area contributed by atoms with E-state index in [2.05, 4.69) is 17.1 Å². The average Bonchev–Trinajstić information content (AvgIpc) is 3.17. The van der Waals surface area contributed by atoms with Crippen molar-refractivity contribution in [2.45, 2.75) is 58.1 Å². The van der Waals surface area contributed by atoms with Gasteiger partial charge in [-0.05, 0) is 38.7 Å². The first-order valence-corrected chi connectivity index (χ1v) is 9.85. The van der Waals surface area contributed by atoms with E-state index in [4.69, 9.17) is 5.73 Å². The number of hydrogen-bond donors (Lipinski definition) is 2. The summed E-state index contributed by atoms with van der Waals surface area (Å²) in [5.74, 6) is 1.18. The normalized spacial score (nSPS) is 20.8. The zero-order valence-electron chi connectivity index (χ0n) is 16.9. The number of aryl methyl sites for hydroxylation is 1. The Hall–Kier alpha value is -2.61. The van der Waals surface area contributed by atoms with Crippen molar-refractivity contribution in [2.75, 3.05) is 5.73 Å². The lowest BCUT2D eigenvalue weighted by Gasteiger charge is -2.30. The molecule has 28 heavy (non-hydrogen) atoms. The number of nitrogens with zero attached hydrogens (tertiary/aromatic N) is 5. The molecule has 0 bridgehead atoms. The van der Waals surface area contributed by atoms with Crippen LogP contribution in [0.15, 0.2) is 23.1 Å². The summed E-state index contributed by atoms with van der Waals surface area (Å²) in [5, 5.41) is 19.6. The maximum atomic E-state index is 13.2. The molecule has 3 N–H and O–H groups in total. The molecule has 0 radical (unpaired) electrons. The van der Waals surface area contributed by atoms with Gasteiger partial charge in [-0.25, -0.2) is 4.68 Å². The number of anilines is 1. The van der Waals surface area contributed by atoms with Crippen LogP contribution in [0.1, 0.15) is 58.2 Å². The van der Waals surface area contributed by atoms with Crippen LogP contribution in [0, 0.1) is 5.92 Å². The molecule has 2 unspecified atom stereocenters. The lowest BCUT2D eigenvalue weighted by Crippen LogP contribution is -2.30. The minimum absolute atomic E-state index is 0.0985. The SMILES string of the molecule is CC1CCCCC1n1ccc2c(c(N)nn2-c2cc(C(C)(C)O)n(C)n2)c1=O. The van der Waals surface area contributed by atoms with Gasteiger partial charge < -0.3 is 15.4 Å². The van der Waals surface area contributed by atoms with Gasteiger partial charge in [-0.3, -0.25) is 9.48 Å². The molecule has 1 saturated carbocycles. The summed E-state index contributed by atoms with van der Waals surface area (Å²) in [4.78, 5) is 13.2. The molecule has 8 heteroatoms. The van der Waals surface area contributed by atoms with Crippen molar-refractivity contribution in [3.8, 4) is 5.82 Å². The molecule has 3 aromatic rings. The fourth-order valence-electron chi connectivity index (χ4n) is 4.44. The molecule has 0 aliphatic heterocycles. The smallest absolute Gasteiger partial charge is 0.264 e. The van der Waals surface area contributed by atoms with E-state index in [1.807, 2.05) is 16.8 Å². The average molecular weight is 384 g/mol. The first-order valence-electron chi connectivity index (χ1n) is 9.85. The van der Waals surface area contributed by atoms with Gasteiger partial charge in [0, 0.05) is 25.4 Å². The molecule has 1 aliphatic carbocycles. The van der Waals surface area contributed by atoms with Crippen LogP contribution in [-0.4, -0.2) is 29.2 Å². The number of pyridine rings is 1. The third-order valence-corrected chi connectivity index (χ3v) is 5.92. The summed E-state index contributed by atoms with van der Waals surface area (Å²) in [5.41, 5.74) is 6.28. The van der Waals surface area contributed by atoms with Crippen molar-refractivity contribution in [2.24, 2.45) is 13.0 Å². The van der Waals surface area contributed by atoms with Gasteiger partial charge in [-0.2, -0.15) is 5.10 Å². The quantitative estimate of drug-likeness (QED) is 0.722. The van der Waals surface area contributed by atoms with Gasteiger partial charge in [0.05, 0.1) is 11.2 Å². The van der Waals surface area contributed by atoms with Crippen LogP contribution in [0.4, 0.5) is 5.82 Å². The van der Waals surface area contributed by atoms with Gasteiger partial charge in [0.15, 0.2) is 11.6 Å². The van der Waals surface area contributed by atoms with Crippen LogP contribution < -0.4 is 11.3 Å². The van der Waals surface area contributed by atoms with Crippen LogP contribution in [0.2, 0.25) is 0 Å². The second-order valence-electron chi connectivity index (χ2n) is 8.48. The fraction of sp³-hybridized carbons (Fsp3) is 0.550. The Morgan fingerprint density at radius 3 is 2.61 bits per heavy atom. The Morgan fingerprint density at radius 1 is 1.25 bits per heavy atom. The van der Waals surface area contributed by atoms with Gasteiger partial charge in [-0.15, -0.1) is 5.10 Å². The van der Waals surface area contributed by atoms with Crippen LogP contribution >= 0.6 is 0 Å². The molecule has 2 atom stereocenters. The maximum absolute atomic E-state index is 13.2. The third kappa shape index (κ3) is 2.92. The molecular weight excluding hydrogens is 356 g/mol. The number of aliphatic hydroxyl groups is 1. The molecule has 1 aliphatic rings. The number of nitrogen functional groups attached to an aromatic ring is 1. The zero-order chi connectivity index (χ0) is 20.2. The van der Waals surface area contributed by atoms with Crippen molar-refractivity contribution in [1.82, 2.24) is 24.1 Å². The Balaban J connectivity index is 1.85. The summed E-state index contributed by atoms with van der Waals surface area (Å²) in [7, 11) is 1.77. The maximum Gasteiger partial charge on any atom is 0.264 e. The molecule has 0 spiro atoms. The number of nitrogens with two attached hydrogens (primary N) is 1. The standard InChI is InChI=1S/C20H28N6O2/c1-12-7-5-6-8-13(12)25-10-9-14-17(19(25)27)18(21)23-26(14)16-11-15(20(2,3)28)24(4)22-16/h9-13,28H,5-8H2,1-4H3,(H2,21,23). The minimum Gasteiger partial charge on any atom is -0.384 e. The Labute approximate surface area is 163 Å². The lowest BCUT2D eigenvalue weighted by atomic mass is 9.85. The molecule has 3 heterocycles.